The van der Waals surface area contributed by atoms with Crippen molar-refractivity contribution in [1.82, 2.24) is 20.1 Å². The van der Waals surface area contributed by atoms with Gasteiger partial charge in [-0.1, -0.05) is 0 Å². The molecule has 2 heterocycles. The molecule has 1 atom stereocenters. The summed E-state index contributed by atoms with van der Waals surface area (Å²) in [6.07, 6.45) is 3.87. The predicted octanol–water partition coefficient (Wildman–Crippen LogP) is 2.58. The first-order valence-electron chi connectivity index (χ1n) is 8.15. The topological polar surface area (TPSA) is 46.0 Å². The first-order chi connectivity index (χ1) is 11.0. The Bertz CT molecular complexity index is 661. The van der Waals surface area contributed by atoms with Gasteiger partial charge in [-0.2, -0.15) is 0 Å². The fourth-order valence-corrected chi connectivity index (χ4v) is 3.37. The number of nitrogens with zero attached hydrogens (tertiary/aromatic N) is 4. The number of rotatable bonds is 4. The Morgan fingerprint density at radius 1 is 1.30 bits per heavy atom. The number of piperidine rings is 1. The Balaban J connectivity index is 1.57. The van der Waals surface area contributed by atoms with Gasteiger partial charge in [0, 0.05) is 31.9 Å². The molecule has 0 spiro atoms. The molecule has 1 unspecified atom stereocenters. The average Bonchev–Trinajstić information content (AvgIpc) is 2.95. The highest BCUT2D eigenvalue weighted by Crippen LogP contribution is 2.25. The lowest BCUT2D eigenvalue weighted by Crippen LogP contribution is -2.43. The van der Waals surface area contributed by atoms with Crippen molar-refractivity contribution in [2.75, 3.05) is 18.0 Å². The first-order valence-corrected chi connectivity index (χ1v) is 8.15. The van der Waals surface area contributed by atoms with Crippen LogP contribution >= 0.6 is 0 Å². The summed E-state index contributed by atoms with van der Waals surface area (Å²) >= 11 is 0. The van der Waals surface area contributed by atoms with Crippen molar-refractivity contribution < 1.29 is 4.39 Å². The van der Waals surface area contributed by atoms with Crippen LogP contribution in [0.25, 0.3) is 0 Å². The maximum absolute atomic E-state index is 13.2. The monoisotopic (exact) mass is 317 g/mol. The Kier molecular flexibility index (Phi) is 4.61. The lowest BCUT2D eigenvalue weighted by molar-refractivity contribution is 0.370. The zero-order chi connectivity index (χ0) is 16.4. The number of aromatic nitrogens is 3. The van der Waals surface area contributed by atoms with Crippen LogP contribution in [0.3, 0.4) is 0 Å². The number of benzene rings is 1. The van der Waals surface area contributed by atoms with Gasteiger partial charge >= 0.3 is 0 Å². The van der Waals surface area contributed by atoms with Gasteiger partial charge in [0.05, 0.1) is 6.04 Å². The number of halogens is 1. The van der Waals surface area contributed by atoms with Gasteiger partial charge < -0.3 is 14.8 Å². The summed E-state index contributed by atoms with van der Waals surface area (Å²) in [5.74, 6) is 0.794. The Morgan fingerprint density at radius 3 is 2.65 bits per heavy atom. The summed E-state index contributed by atoms with van der Waals surface area (Å²) in [6, 6.07) is 5.70. The lowest BCUT2D eigenvalue weighted by Gasteiger charge is -2.36. The minimum Gasteiger partial charge on any atom is -0.371 e. The molecule has 6 heteroatoms. The summed E-state index contributed by atoms with van der Waals surface area (Å²) in [7, 11) is 1.97. The molecule has 5 nitrogen and oxygen atoms in total. The Morgan fingerprint density at radius 2 is 2.04 bits per heavy atom. The van der Waals surface area contributed by atoms with Gasteiger partial charge in [0.25, 0.3) is 0 Å². The highest BCUT2D eigenvalue weighted by Gasteiger charge is 2.23. The number of anilines is 1. The van der Waals surface area contributed by atoms with Gasteiger partial charge in [-0.15, -0.1) is 10.2 Å². The average molecular weight is 317 g/mol. The normalized spacial score (nSPS) is 17.5. The highest BCUT2D eigenvalue weighted by molar-refractivity contribution is 5.53. The standard InChI is InChI=1S/C17H24FN5/c1-12-10-14(18)4-5-16(12)23-8-6-15(7-9-23)20-13(2)17-21-19-11-22(17)3/h4-5,10-11,13,15,20H,6-9H2,1-3H3. The van der Waals surface area contributed by atoms with Crippen molar-refractivity contribution in [3.05, 3.63) is 41.7 Å². The number of hydrogen-bond donors (Lipinski definition) is 1. The van der Waals surface area contributed by atoms with E-state index in [1.54, 1.807) is 18.5 Å². The third-order valence-electron chi connectivity index (χ3n) is 4.61. The van der Waals surface area contributed by atoms with Crippen molar-refractivity contribution in [3.63, 3.8) is 0 Å². The largest absolute Gasteiger partial charge is 0.371 e. The van der Waals surface area contributed by atoms with Crippen LogP contribution in [0.5, 0.6) is 0 Å². The van der Waals surface area contributed by atoms with Gasteiger partial charge in [0.1, 0.15) is 18.0 Å². The molecule has 1 aromatic heterocycles. The van der Waals surface area contributed by atoms with Crippen LogP contribution < -0.4 is 10.2 Å². The summed E-state index contributed by atoms with van der Waals surface area (Å²) in [5, 5.41) is 11.8. The number of aryl methyl sites for hydroxylation is 2. The van der Waals surface area contributed by atoms with Crippen molar-refractivity contribution in [1.29, 1.82) is 0 Å². The molecular formula is C17H24FN5. The van der Waals surface area contributed by atoms with Gasteiger partial charge in [-0.25, -0.2) is 4.39 Å². The van der Waals surface area contributed by atoms with E-state index in [1.165, 1.54) is 0 Å². The molecule has 1 N–H and O–H groups in total. The maximum Gasteiger partial charge on any atom is 0.149 e. The second-order valence-electron chi connectivity index (χ2n) is 6.38. The van der Waals surface area contributed by atoms with Gasteiger partial charge in [-0.3, -0.25) is 0 Å². The van der Waals surface area contributed by atoms with E-state index < -0.39 is 0 Å². The van der Waals surface area contributed by atoms with Crippen LogP contribution in [-0.2, 0) is 7.05 Å². The minimum absolute atomic E-state index is 0.166. The van der Waals surface area contributed by atoms with Crippen LogP contribution in [0.2, 0.25) is 0 Å². The van der Waals surface area contributed by atoms with E-state index in [-0.39, 0.29) is 11.9 Å². The summed E-state index contributed by atoms with van der Waals surface area (Å²) in [6.45, 7) is 6.06. The van der Waals surface area contributed by atoms with E-state index in [2.05, 4.69) is 27.3 Å². The quantitative estimate of drug-likeness (QED) is 0.941. The van der Waals surface area contributed by atoms with Crippen LogP contribution in [-0.4, -0.2) is 33.9 Å². The molecule has 1 fully saturated rings. The van der Waals surface area contributed by atoms with E-state index >= 15 is 0 Å². The molecule has 124 valence electrons. The Labute approximate surface area is 136 Å². The number of nitrogens with one attached hydrogen (secondary N) is 1. The fourth-order valence-electron chi connectivity index (χ4n) is 3.37. The van der Waals surface area contributed by atoms with Crippen molar-refractivity contribution in [3.8, 4) is 0 Å². The van der Waals surface area contributed by atoms with Crippen molar-refractivity contribution >= 4 is 5.69 Å². The second-order valence-corrected chi connectivity index (χ2v) is 6.38. The predicted molar refractivity (Wildman–Crippen MR) is 88.9 cm³/mol. The molecule has 0 aliphatic carbocycles. The molecule has 2 aromatic rings. The third-order valence-corrected chi connectivity index (χ3v) is 4.61. The molecule has 1 saturated heterocycles. The Hall–Kier alpha value is -1.95. The maximum atomic E-state index is 13.2. The highest BCUT2D eigenvalue weighted by atomic mass is 19.1. The van der Waals surface area contributed by atoms with E-state index in [0.29, 0.717) is 6.04 Å². The lowest BCUT2D eigenvalue weighted by atomic mass is 10.0. The van der Waals surface area contributed by atoms with E-state index in [4.69, 9.17) is 0 Å². The molecule has 0 saturated carbocycles. The van der Waals surface area contributed by atoms with Crippen molar-refractivity contribution in [2.45, 2.75) is 38.8 Å². The fraction of sp³-hybridized carbons (Fsp3) is 0.529. The van der Waals surface area contributed by atoms with Crippen LogP contribution in [0.15, 0.2) is 24.5 Å². The van der Waals surface area contributed by atoms with E-state index in [9.17, 15) is 4.39 Å². The molecule has 1 aliphatic heterocycles. The van der Waals surface area contributed by atoms with E-state index in [0.717, 1.165) is 43.0 Å². The van der Waals surface area contributed by atoms with Gasteiger partial charge in [-0.05, 0) is 50.5 Å². The van der Waals surface area contributed by atoms with Crippen LogP contribution in [0.1, 0.15) is 37.2 Å². The number of hydrogen-bond acceptors (Lipinski definition) is 4. The molecule has 0 bridgehead atoms. The van der Waals surface area contributed by atoms with Gasteiger partial charge in [0.2, 0.25) is 0 Å². The molecular weight excluding hydrogens is 293 g/mol. The zero-order valence-corrected chi connectivity index (χ0v) is 14.0. The SMILES string of the molecule is Cc1cc(F)ccc1N1CCC(NC(C)c2nncn2C)CC1. The van der Waals surface area contributed by atoms with Gasteiger partial charge in [0.15, 0.2) is 0 Å². The zero-order valence-electron chi connectivity index (χ0n) is 14.0. The molecule has 0 radical (unpaired) electrons. The molecule has 0 amide bonds. The smallest absolute Gasteiger partial charge is 0.149 e. The molecule has 23 heavy (non-hydrogen) atoms. The first kappa shape index (κ1) is 15.9. The van der Waals surface area contributed by atoms with Crippen molar-refractivity contribution in [2.24, 2.45) is 7.05 Å². The third kappa shape index (κ3) is 3.52. The van der Waals surface area contributed by atoms with Crippen LogP contribution in [0, 0.1) is 12.7 Å². The summed E-state index contributed by atoms with van der Waals surface area (Å²) < 4.78 is 15.2. The second kappa shape index (κ2) is 6.66. The minimum atomic E-state index is -0.166. The molecule has 1 aliphatic rings. The van der Waals surface area contributed by atoms with E-state index in [1.807, 2.05) is 24.6 Å². The molecule has 1 aromatic carbocycles. The summed E-state index contributed by atoms with van der Waals surface area (Å²) in [5.41, 5.74) is 2.15. The molecule has 3 rings (SSSR count). The summed E-state index contributed by atoms with van der Waals surface area (Å²) in [4.78, 5) is 2.35. The van der Waals surface area contributed by atoms with Crippen LogP contribution in [0.4, 0.5) is 10.1 Å².